The first-order valence-electron chi connectivity index (χ1n) is 5.44. The van der Waals surface area contributed by atoms with Crippen molar-refractivity contribution in [2.24, 2.45) is 0 Å². The van der Waals surface area contributed by atoms with Crippen LogP contribution in [-0.2, 0) is 4.74 Å². The Bertz CT molecular complexity index is 436. The lowest BCUT2D eigenvalue weighted by Gasteiger charge is -2.09. The fourth-order valence-electron chi connectivity index (χ4n) is 1.29. The van der Waals surface area contributed by atoms with Crippen LogP contribution >= 0.6 is 0 Å². The topological polar surface area (TPSA) is 113 Å². The van der Waals surface area contributed by atoms with E-state index in [-0.39, 0.29) is 35.9 Å². The highest BCUT2D eigenvalue weighted by Crippen LogP contribution is 2.27. The lowest BCUT2D eigenvalue weighted by molar-refractivity contribution is -0.387. The predicted octanol–water partition coefficient (Wildman–Crippen LogP) is 1.08. The molecule has 8 nitrogen and oxygen atoms in total. The van der Waals surface area contributed by atoms with E-state index in [1.165, 1.54) is 6.92 Å². The van der Waals surface area contributed by atoms with Crippen molar-refractivity contribution < 1.29 is 14.4 Å². The number of nitrogen functional groups attached to an aromatic ring is 1. The molecule has 100 valence electrons. The third kappa shape index (κ3) is 3.81. The summed E-state index contributed by atoms with van der Waals surface area (Å²) in [4.78, 5) is 17.7. The Morgan fingerprint density at radius 3 is 2.61 bits per heavy atom. The molecule has 0 aliphatic heterocycles. The van der Waals surface area contributed by atoms with Crippen molar-refractivity contribution in [3.8, 4) is 5.88 Å². The molecule has 0 fully saturated rings. The molecular formula is C10H16N4O4. The van der Waals surface area contributed by atoms with E-state index in [4.69, 9.17) is 15.2 Å². The summed E-state index contributed by atoms with van der Waals surface area (Å²) in [6.45, 7) is 5.73. The van der Waals surface area contributed by atoms with Crippen molar-refractivity contribution in [1.82, 2.24) is 9.97 Å². The van der Waals surface area contributed by atoms with Gasteiger partial charge in [0.05, 0.1) is 17.6 Å². The van der Waals surface area contributed by atoms with E-state index in [1.54, 1.807) is 0 Å². The van der Waals surface area contributed by atoms with Gasteiger partial charge in [0.1, 0.15) is 12.3 Å². The quantitative estimate of drug-likeness (QED) is 0.460. The Balaban J connectivity index is 2.77. The minimum atomic E-state index is -0.590. The van der Waals surface area contributed by atoms with Crippen LogP contribution in [0.25, 0.3) is 0 Å². The molecule has 0 aromatic carbocycles. The zero-order chi connectivity index (χ0) is 13.7. The molecule has 0 atom stereocenters. The van der Waals surface area contributed by atoms with Crippen molar-refractivity contribution in [1.29, 1.82) is 0 Å². The Kier molecular flexibility index (Phi) is 4.78. The first-order valence-corrected chi connectivity index (χ1v) is 5.44. The van der Waals surface area contributed by atoms with Crippen LogP contribution in [0.15, 0.2) is 0 Å². The summed E-state index contributed by atoms with van der Waals surface area (Å²) in [5.74, 6) is -0.185. The Hall–Kier alpha value is -1.96. The Labute approximate surface area is 104 Å². The second kappa shape index (κ2) is 6.10. The number of nitrogens with two attached hydrogens (primary N) is 1. The average molecular weight is 256 g/mol. The first kappa shape index (κ1) is 14.1. The van der Waals surface area contributed by atoms with Crippen molar-refractivity contribution in [2.75, 3.05) is 18.9 Å². The van der Waals surface area contributed by atoms with Crippen LogP contribution in [-0.4, -0.2) is 34.2 Å². The molecular weight excluding hydrogens is 240 g/mol. The van der Waals surface area contributed by atoms with Gasteiger partial charge in [0.25, 0.3) is 5.88 Å². The van der Waals surface area contributed by atoms with Gasteiger partial charge in [0, 0.05) is 0 Å². The van der Waals surface area contributed by atoms with Gasteiger partial charge < -0.3 is 15.2 Å². The Morgan fingerprint density at radius 1 is 1.39 bits per heavy atom. The highest BCUT2D eigenvalue weighted by Gasteiger charge is 2.22. The summed E-state index contributed by atoms with van der Waals surface area (Å²) in [5.41, 5.74) is 5.33. The number of hydrogen-bond acceptors (Lipinski definition) is 7. The predicted molar refractivity (Wildman–Crippen MR) is 64.4 cm³/mol. The van der Waals surface area contributed by atoms with E-state index in [2.05, 4.69) is 9.97 Å². The molecule has 1 aromatic rings. The molecule has 0 saturated carbocycles. The van der Waals surface area contributed by atoms with Gasteiger partial charge in [-0.15, -0.1) is 0 Å². The minimum absolute atomic E-state index is 0.0575. The first-order chi connectivity index (χ1) is 8.41. The summed E-state index contributed by atoms with van der Waals surface area (Å²) in [6, 6.07) is 0. The van der Waals surface area contributed by atoms with E-state index in [0.29, 0.717) is 6.61 Å². The maximum atomic E-state index is 10.9. The lowest BCUT2D eigenvalue weighted by atomic mass is 10.3. The lowest BCUT2D eigenvalue weighted by Crippen LogP contribution is -2.13. The normalized spacial score (nSPS) is 10.7. The largest absolute Gasteiger partial charge is 0.470 e. The summed E-state index contributed by atoms with van der Waals surface area (Å²) < 4.78 is 10.5. The Morgan fingerprint density at radius 2 is 2.06 bits per heavy atom. The zero-order valence-electron chi connectivity index (χ0n) is 10.5. The van der Waals surface area contributed by atoms with E-state index >= 15 is 0 Å². The smallest absolute Gasteiger partial charge is 0.352 e. The second-order valence-electron chi connectivity index (χ2n) is 3.85. The number of nitrogens with zero attached hydrogens (tertiary/aromatic N) is 3. The van der Waals surface area contributed by atoms with Gasteiger partial charge in [0.2, 0.25) is 5.95 Å². The van der Waals surface area contributed by atoms with E-state index in [1.807, 2.05) is 13.8 Å². The number of aromatic nitrogens is 2. The number of hydrogen-bond donors (Lipinski definition) is 1. The van der Waals surface area contributed by atoms with Crippen LogP contribution in [0.1, 0.15) is 19.5 Å². The van der Waals surface area contributed by atoms with Crippen LogP contribution in [0.5, 0.6) is 5.88 Å². The molecule has 1 aromatic heterocycles. The molecule has 2 N–H and O–H groups in total. The van der Waals surface area contributed by atoms with Crippen LogP contribution in [0, 0.1) is 17.0 Å². The fourth-order valence-corrected chi connectivity index (χ4v) is 1.29. The molecule has 0 bridgehead atoms. The van der Waals surface area contributed by atoms with Gasteiger partial charge in [-0.1, -0.05) is 0 Å². The molecule has 0 aliphatic rings. The highest BCUT2D eigenvalue weighted by molar-refractivity contribution is 5.47. The summed E-state index contributed by atoms with van der Waals surface area (Å²) in [5, 5.41) is 10.9. The highest BCUT2D eigenvalue weighted by atomic mass is 16.6. The molecule has 8 heteroatoms. The van der Waals surface area contributed by atoms with Gasteiger partial charge in [-0.3, -0.25) is 10.1 Å². The van der Waals surface area contributed by atoms with E-state index < -0.39 is 4.92 Å². The molecule has 18 heavy (non-hydrogen) atoms. The van der Waals surface area contributed by atoms with Gasteiger partial charge in [-0.25, -0.2) is 4.98 Å². The summed E-state index contributed by atoms with van der Waals surface area (Å²) >= 11 is 0. The second-order valence-corrected chi connectivity index (χ2v) is 3.85. The molecule has 0 radical (unpaired) electrons. The number of nitro groups is 1. The molecule has 1 rings (SSSR count). The molecule has 0 spiro atoms. The van der Waals surface area contributed by atoms with Gasteiger partial charge in [0.15, 0.2) is 0 Å². The monoisotopic (exact) mass is 256 g/mol. The third-order valence-corrected chi connectivity index (χ3v) is 2.00. The molecule has 0 amide bonds. The SMILES string of the molecule is Cc1nc(N)nc(OCCOC(C)C)c1[N+](=O)[O-]. The van der Waals surface area contributed by atoms with Crippen LogP contribution in [0.4, 0.5) is 11.6 Å². The number of aryl methyl sites for hydroxylation is 1. The zero-order valence-corrected chi connectivity index (χ0v) is 10.5. The molecule has 0 aliphatic carbocycles. The van der Waals surface area contributed by atoms with Crippen molar-refractivity contribution >= 4 is 11.6 Å². The van der Waals surface area contributed by atoms with E-state index in [9.17, 15) is 10.1 Å². The van der Waals surface area contributed by atoms with E-state index in [0.717, 1.165) is 0 Å². The van der Waals surface area contributed by atoms with Crippen LogP contribution in [0.3, 0.4) is 0 Å². The van der Waals surface area contributed by atoms with Crippen molar-refractivity contribution in [3.05, 3.63) is 15.8 Å². The van der Waals surface area contributed by atoms with Crippen molar-refractivity contribution in [2.45, 2.75) is 26.9 Å². The summed E-state index contributed by atoms with van der Waals surface area (Å²) in [6.07, 6.45) is 0.0702. The molecule has 0 unspecified atom stereocenters. The number of anilines is 1. The summed E-state index contributed by atoms with van der Waals surface area (Å²) in [7, 11) is 0. The standard InChI is InChI=1S/C10H16N4O4/c1-6(2)17-4-5-18-9-8(14(15)16)7(3)12-10(11)13-9/h6H,4-5H2,1-3H3,(H2,11,12,13). The molecule has 0 saturated heterocycles. The maximum absolute atomic E-state index is 10.9. The van der Waals surface area contributed by atoms with Crippen LogP contribution in [0.2, 0.25) is 0 Å². The average Bonchev–Trinajstić information content (AvgIpc) is 2.22. The van der Waals surface area contributed by atoms with Crippen LogP contribution < -0.4 is 10.5 Å². The third-order valence-electron chi connectivity index (χ3n) is 2.00. The number of ether oxygens (including phenoxy) is 2. The number of rotatable bonds is 6. The van der Waals surface area contributed by atoms with Gasteiger partial charge in [-0.2, -0.15) is 4.98 Å². The molecule has 1 heterocycles. The maximum Gasteiger partial charge on any atom is 0.352 e. The van der Waals surface area contributed by atoms with Crippen molar-refractivity contribution in [3.63, 3.8) is 0 Å². The van der Waals surface area contributed by atoms with Gasteiger partial charge in [-0.05, 0) is 20.8 Å². The fraction of sp³-hybridized carbons (Fsp3) is 0.600. The minimum Gasteiger partial charge on any atom is -0.470 e. The van der Waals surface area contributed by atoms with Gasteiger partial charge >= 0.3 is 5.69 Å².